The number of piperidine rings is 1. The second-order valence-corrected chi connectivity index (χ2v) is 11.1. The van der Waals surface area contributed by atoms with E-state index in [1.165, 1.54) is 0 Å². The van der Waals surface area contributed by atoms with Gasteiger partial charge in [0.15, 0.2) is 17.4 Å². The Hall–Kier alpha value is -2.57. The molecular formula is C27H38N6O5. The number of pyridine rings is 1. The molecule has 0 bridgehead atoms. The van der Waals surface area contributed by atoms with Crippen LogP contribution in [0.4, 0.5) is 11.6 Å². The highest BCUT2D eigenvalue weighted by Gasteiger charge is 2.48. The highest BCUT2D eigenvalue weighted by molar-refractivity contribution is 5.75. The maximum absolute atomic E-state index is 10.2. The van der Waals surface area contributed by atoms with Crippen LogP contribution < -0.4 is 20.3 Å². The fourth-order valence-electron chi connectivity index (χ4n) is 6.57. The molecule has 4 aliphatic heterocycles. The fourth-order valence-corrected chi connectivity index (χ4v) is 6.57. The Bertz CT molecular complexity index is 1140. The topological polar surface area (TPSA) is 128 Å². The van der Waals surface area contributed by atoms with Gasteiger partial charge in [-0.15, -0.1) is 0 Å². The molecule has 0 saturated carbocycles. The average molecular weight is 527 g/mol. The van der Waals surface area contributed by atoms with Crippen molar-refractivity contribution in [2.45, 2.75) is 51.0 Å². The number of fused-ring (bicyclic) bond motifs is 3. The highest BCUT2D eigenvalue weighted by Crippen LogP contribution is 2.44. The summed E-state index contributed by atoms with van der Waals surface area (Å²) in [5.74, 6) is 2.67. The zero-order chi connectivity index (χ0) is 26.3. The number of nitrogens with zero attached hydrogens (tertiary/aromatic N) is 5. The Morgan fingerprint density at radius 1 is 1.24 bits per heavy atom. The van der Waals surface area contributed by atoms with Crippen molar-refractivity contribution < 1.29 is 24.1 Å². The van der Waals surface area contributed by atoms with E-state index in [-0.39, 0.29) is 30.2 Å². The zero-order valence-electron chi connectivity index (χ0n) is 22.2. The first-order chi connectivity index (χ1) is 18.5. The number of ether oxygens (including phenoxy) is 4. The van der Waals surface area contributed by atoms with Gasteiger partial charge in [0, 0.05) is 55.9 Å². The molecule has 4 aliphatic rings. The lowest BCUT2D eigenvalue weighted by molar-refractivity contribution is -0.0414. The van der Waals surface area contributed by atoms with E-state index < -0.39 is 0 Å². The summed E-state index contributed by atoms with van der Waals surface area (Å²) in [6.45, 7) is 6.60. The summed E-state index contributed by atoms with van der Waals surface area (Å²) in [5, 5.41) is 10.2. The molecule has 3 N–H and O–H groups in total. The van der Waals surface area contributed by atoms with Crippen molar-refractivity contribution in [3.05, 3.63) is 24.2 Å². The second kappa shape index (κ2) is 10.5. The molecule has 3 saturated heterocycles. The van der Waals surface area contributed by atoms with Crippen LogP contribution in [0.2, 0.25) is 0 Å². The van der Waals surface area contributed by atoms with E-state index in [1.807, 2.05) is 6.07 Å². The van der Waals surface area contributed by atoms with E-state index in [2.05, 4.69) is 21.7 Å². The number of methoxy groups -OCH3 is 1. The summed E-state index contributed by atoms with van der Waals surface area (Å²) >= 11 is 0. The molecule has 0 amide bonds. The van der Waals surface area contributed by atoms with Gasteiger partial charge in [-0.1, -0.05) is 0 Å². The first kappa shape index (κ1) is 25.7. The molecule has 206 valence electrons. The van der Waals surface area contributed by atoms with Crippen molar-refractivity contribution >= 4 is 11.6 Å². The third-order valence-electron chi connectivity index (χ3n) is 8.79. The van der Waals surface area contributed by atoms with Crippen LogP contribution in [0, 0.1) is 11.3 Å². The quantitative estimate of drug-likeness (QED) is 0.403. The number of hydrogen-bond donors (Lipinski definition) is 2. The number of aliphatic hydroxyl groups excluding tert-OH is 1. The Morgan fingerprint density at radius 3 is 2.82 bits per heavy atom. The lowest BCUT2D eigenvalue weighted by Gasteiger charge is -2.41. The van der Waals surface area contributed by atoms with Crippen LogP contribution in [0.25, 0.3) is 11.3 Å². The first-order valence-corrected chi connectivity index (χ1v) is 13.6. The maximum Gasteiger partial charge on any atom is 0.172 e. The lowest BCUT2D eigenvalue weighted by atomic mass is 9.73. The summed E-state index contributed by atoms with van der Waals surface area (Å²) < 4.78 is 22.7. The molecule has 4 atom stereocenters. The summed E-state index contributed by atoms with van der Waals surface area (Å²) in [7, 11) is 1.63. The molecule has 6 heterocycles. The smallest absolute Gasteiger partial charge is 0.172 e. The second-order valence-electron chi connectivity index (χ2n) is 11.1. The molecular weight excluding hydrogens is 488 g/mol. The fraction of sp³-hybridized carbons (Fsp3) is 0.667. The molecule has 11 nitrogen and oxygen atoms in total. The van der Waals surface area contributed by atoms with E-state index in [0.717, 1.165) is 61.8 Å². The van der Waals surface area contributed by atoms with Crippen molar-refractivity contribution in [1.29, 1.82) is 0 Å². The zero-order valence-corrected chi connectivity index (χ0v) is 22.2. The predicted molar refractivity (Wildman–Crippen MR) is 141 cm³/mol. The van der Waals surface area contributed by atoms with Crippen LogP contribution in [-0.4, -0.2) is 91.6 Å². The minimum Gasteiger partial charge on any atom is -0.487 e. The van der Waals surface area contributed by atoms with Gasteiger partial charge in [-0.25, -0.2) is 15.0 Å². The molecule has 6 rings (SSSR count). The van der Waals surface area contributed by atoms with Gasteiger partial charge < -0.3 is 39.6 Å². The van der Waals surface area contributed by atoms with E-state index in [4.69, 9.17) is 34.6 Å². The Kier molecular flexibility index (Phi) is 7.12. The third-order valence-corrected chi connectivity index (χ3v) is 8.79. The molecule has 11 heteroatoms. The lowest BCUT2D eigenvalue weighted by Crippen LogP contribution is -2.51. The van der Waals surface area contributed by atoms with Gasteiger partial charge in [0.05, 0.1) is 43.9 Å². The summed E-state index contributed by atoms with van der Waals surface area (Å²) in [5.41, 5.74) is 8.59. The standard InChI is InChI=1S/C27H38N6O5/c1-17-24(28)27(15-38-17)4-7-32(8-5-27)25-22(12-34)31-21(10-30-25)20-3-6-29-26-23(20)37-14-19-9-18(11-33(19)26)13-36-16-35-2/h3,6,10,17-19,24,34H,4-5,7-9,11-16,28H2,1-2H3. The molecule has 38 heavy (non-hydrogen) atoms. The van der Waals surface area contributed by atoms with E-state index >= 15 is 0 Å². The van der Waals surface area contributed by atoms with Gasteiger partial charge in [0.1, 0.15) is 19.1 Å². The number of nitrogens with two attached hydrogens (primary N) is 1. The molecule has 0 aliphatic carbocycles. The van der Waals surface area contributed by atoms with Gasteiger partial charge in [-0.05, 0) is 32.3 Å². The molecule has 3 fully saturated rings. The molecule has 2 aromatic heterocycles. The van der Waals surface area contributed by atoms with Crippen LogP contribution >= 0.6 is 0 Å². The first-order valence-electron chi connectivity index (χ1n) is 13.6. The summed E-state index contributed by atoms with van der Waals surface area (Å²) in [6.07, 6.45) is 6.53. The highest BCUT2D eigenvalue weighted by atomic mass is 16.7. The molecule has 0 radical (unpaired) electrons. The van der Waals surface area contributed by atoms with E-state index in [1.54, 1.807) is 19.5 Å². The van der Waals surface area contributed by atoms with Crippen LogP contribution in [0.5, 0.6) is 5.75 Å². The third kappa shape index (κ3) is 4.50. The summed E-state index contributed by atoms with van der Waals surface area (Å²) in [4.78, 5) is 18.8. The maximum atomic E-state index is 10.2. The molecule has 0 aromatic carbocycles. The van der Waals surface area contributed by atoms with Crippen LogP contribution in [0.1, 0.15) is 31.9 Å². The average Bonchev–Trinajstić information content (AvgIpc) is 3.50. The largest absolute Gasteiger partial charge is 0.487 e. The number of rotatable bonds is 7. The van der Waals surface area contributed by atoms with Crippen LogP contribution in [0.3, 0.4) is 0 Å². The van der Waals surface area contributed by atoms with Crippen LogP contribution in [-0.2, 0) is 20.8 Å². The Balaban J connectivity index is 1.21. The van der Waals surface area contributed by atoms with Crippen molar-refractivity contribution in [1.82, 2.24) is 15.0 Å². The van der Waals surface area contributed by atoms with Crippen molar-refractivity contribution in [3.8, 4) is 17.0 Å². The van der Waals surface area contributed by atoms with E-state index in [0.29, 0.717) is 43.9 Å². The van der Waals surface area contributed by atoms with Crippen LogP contribution in [0.15, 0.2) is 18.5 Å². The SMILES string of the molecule is COCOCC1CC2COc3c(-c4cnc(N5CCC6(CC5)COC(C)C6N)c(CO)n4)ccnc3N2C1. The normalized spacial score (nSPS) is 27.9. The van der Waals surface area contributed by atoms with Gasteiger partial charge >= 0.3 is 0 Å². The summed E-state index contributed by atoms with van der Waals surface area (Å²) in [6, 6.07) is 2.23. The molecule has 4 unspecified atom stereocenters. The predicted octanol–water partition coefficient (Wildman–Crippen LogP) is 1.57. The minimum absolute atomic E-state index is 0.0262. The van der Waals surface area contributed by atoms with Crippen molar-refractivity contribution in [2.24, 2.45) is 17.1 Å². The Morgan fingerprint density at radius 2 is 2.08 bits per heavy atom. The van der Waals surface area contributed by atoms with Crippen molar-refractivity contribution in [2.75, 3.05) is 63.2 Å². The van der Waals surface area contributed by atoms with E-state index in [9.17, 15) is 5.11 Å². The van der Waals surface area contributed by atoms with Gasteiger partial charge in [0.25, 0.3) is 0 Å². The van der Waals surface area contributed by atoms with Gasteiger partial charge in [0.2, 0.25) is 0 Å². The number of anilines is 2. The monoisotopic (exact) mass is 526 g/mol. The number of hydrogen-bond acceptors (Lipinski definition) is 11. The van der Waals surface area contributed by atoms with Gasteiger partial charge in [-0.2, -0.15) is 0 Å². The van der Waals surface area contributed by atoms with Gasteiger partial charge in [-0.3, -0.25) is 0 Å². The Labute approximate surface area is 223 Å². The molecule has 1 spiro atoms. The number of aromatic nitrogens is 3. The minimum atomic E-state index is -0.192. The number of aliphatic hydroxyl groups is 1. The van der Waals surface area contributed by atoms with Crippen molar-refractivity contribution in [3.63, 3.8) is 0 Å². The molecule has 2 aromatic rings.